The molecule has 118 valence electrons. The first-order valence-corrected chi connectivity index (χ1v) is 7.95. The van der Waals surface area contributed by atoms with Crippen molar-refractivity contribution in [3.05, 3.63) is 29.1 Å². The van der Waals surface area contributed by atoms with E-state index < -0.39 is 34.8 Å². The molecule has 0 radical (unpaired) electrons. The number of anilines is 1. The molecular formula is C14H16F5NS. The monoisotopic (exact) mass is 325 g/mol. The molecule has 0 aliphatic heterocycles. The van der Waals surface area contributed by atoms with E-state index in [9.17, 15) is 22.0 Å². The van der Waals surface area contributed by atoms with Gasteiger partial charge < -0.3 is 5.32 Å². The van der Waals surface area contributed by atoms with E-state index in [0.717, 1.165) is 32.1 Å². The molecule has 1 aliphatic rings. The van der Waals surface area contributed by atoms with Gasteiger partial charge in [-0.1, -0.05) is 19.3 Å². The minimum absolute atomic E-state index is 0.173. The largest absolute Gasteiger partial charge is 0.379 e. The fourth-order valence-corrected chi connectivity index (χ4v) is 3.57. The van der Waals surface area contributed by atoms with Gasteiger partial charge in [-0.3, -0.25) is 0 Å². The van der Waals surface area contributed by atoms with Crippen molar-refractivity contribution < 1.29 is 22.0 Å². The van der Waals surface area contributed by atoms with Crippen molar-refractivity contribution in [1.82, 2.24) is 0 Å². The maximum atomic E-state index is 13.6. The zero-order valence-corrected chi connectivity index (χ0v) is 12.4. The summed E-state index contributed by atoms with van der Waals surface area (Å²) < 4.78 is 66.2. The Balaban J connectivity index is 2.24. The van der Waals surface area contributed by atoms with Crippen LogP contribution in [0.15, 0.2) is 0 Å². The summed E-state index contributed by atoms with van der Waals surface area (Å²) in [5.74, 6) is -9.58. The molecule has 2 rings (SSSR count). The highest BCUT2D eigenvalue weighted by Gasteiger charge is 2.33. The second-order valence-corrected chi connectivity index (χ2v) is 6.52. The van der Waals surface area contributed by atoms with Gasteiger partial charge in [-0.25, -0.2) is 22.0 Å². The molecule has 1 fully saturated rings. The number of rotatable bonds is 4. The molecule has 1 saturated carbocycles. The van der Waals surface area contributed by atoms with Crippen LogP contribution in [-0.2, 0) is 0 Å². The zero-order valence-electron chi connectivity index (χ0n) is 11.5. The molecule has 0 atom stereocenters. The fourth-order valence-electron chi connectivity index (χ4n) is 2.66. The maximum Gasteiger partial charge on any atom is 0.200 e. The Morgan fingerprint density at radius 1 is 0.857 bits per heavy atom. The van der Waals surface area contributed by atoms with Gasteiger partial charge in [0.2, 0.25) is 5.82 Å². The second kappa shape index (κ2) is 6.42. The zero-order chi connectivity index (χ0) is 15.6. The highest BCUT2D eigenvalue weighted by atomic mass is 32.2. The van der Waals surface area contributed by atoms with E-state index in [0.29, 0.717) is 0 Å². The van der Waals surface area contributed by atoms with Gasteiger partial charge in [0.05, 0.1) is 0 Å². The summed E-state index contributed by atoms with van der Waals surface area (Å²) >= 11 is 1.57. The smallest absolute Gasteiger partial charge is 0.200 e. The molecule has 1 aromatic carbocycles. The van der Waals surface area contributed by atoms with E-state index >= 15 is 0 Å². The SMILES string of the molecule is CSC1(CNc2c(F)c(F)c(F)c(F)c2F)CCCCC1. The molecule has 0 heterocycles. The van der Waals surface area contributed by atoms with Crippen LogP contribution in [0, 0.1) is 29.1 Å². The molecule has 1 aromatic rings. The Labute approximate surface area is 124 Å². The molecule has 0 aromatic heterocycles. The quantitative estimate of drug-likeness (QED) is 0.482. The first-order chi connectivity index (χ1) is 9.92. The molecular weight excluding hydrogens is 309 g/mol. The Hall–Kier alpha value is -0.980. The molecule has 21 heavy (non-hydrogen) atoms. The van der Waals surface area contributed by atoms with Crippen molar-refractivity contribution in [3.8, 4) is 0 Å². The average molecular weight is 325 g/mol. The van der Waals surface area contributed by atoms with Gasteiger partial charge in [0, 0.05) is 11.3 Å². The van der Waals surface area contributed by atoms with Crippen LogP contribution in [0.3, 0.4) is 0 Å². The van der Waals surface area contributed by atoms with Crippen molar-refractivity contribution in [1.29, 1.82) is 0 Å². The van der Waals surface area contributed by atoms with Crippen LogP contribution in [0.25, 0.3) is 0 Å². The summed E-state index contributed by atoms with van der Waals surface area (Å²) in [5.41, 5.74) is -0.939. The van der Waals surface area contributed by atoms with Gasteiger partial charge in [-0.05, 0) is 19.1 Å². The topological polar surface area (TPSA) is 12.0 Å². The molecule has 0 amide bonds. The van der Waals surface area contributed by atoms with E-state index in [2.05, 4.69) is 5.32 Å². The van der Waals surface area contributed by atoms with Crippen molar-refractivity contribution >= 4 is 17.4 Å². The van der Waals surface area contributed by atoms with Gasteiger partial charge in [-0.2, -0.15) is 11.8 Å². The highest BCUT2D eigenvalue weighted by molar-refractivity contribution is 8.00. The number of thioether (sulfide) groups is 1. The number of benzene rings is 1. The normalized spacial score (nSPS) is 17.8. The molecule has 0 bridgehead atoms. The predicted octanol–water partition coefficient (Wildman–Crippen LogP) is 4.86. The Morgan fingerprint density at radius 2 is 1.33 bits per heavy atom. The van der Waals surface area contributed by atoms with Crippen LogP contribution in [0.2, 0.25) is 0 Å². The minimum Gasteiger partial charge on any atom is -0.379 e. The molecule has 0 saturated heterocycles. The summed E-state index contributed by atoms with van der Waals surface area (Å²) in [6.45, 7) is 0.173. The van der Waals surface area contributed by atoms with Crippen molar-refractivity contribution in [2.24, 2.45) is 0 Å². The maximum absolute atomic E-state index is 13.6. The molecule has 0 unspecified atom stereocenters. The molecule has 7 heteroatoms. The molecule has 0 spiro atoms. The summed E-state index contributed by atoms with van der Waals surface area (Å²) in [4.78, 5) is 0. The van der Waals surface area contributed by atoms with Crippen LogP contribution in [0.5, 0.6) is 0 Å². The van der Waals surface area contributed by atoms with Gasteiger partial charge in [0.15, 0.2) is 23.3 Å². The standard InChI is InChI=1S/C14H16F5NS/c1-21-14(5-3-2-4-6-14)7-20-13-11(18)9(16)8(15)10(17)12(13)19/h20H,2-7H2,1H3. The van der Waals surface area contributed by atoms with E-state index in [1.165, 1.54) is 0 Å². The Bertz CT molecular complexity index is 500. The first kappa shape index (κ1) is 16.4. The summed E-state index contributed by atoms with van der Waals surface area (Å²) in [6, 6.07) is 0. The lowest BCUT2D eigenvalue weighted by molar-refractivity contribution is 0.378. The third-order valence-corrected chi connectivity index (χ3v) is 5.41. The lowest BCUT2D eigenvalue weighted by atomic mass is 9.88. The van der Waals surface area contributed by atoms with Crippen LogP contribution in [0.4, 0.5) is 27.6 Å². The highest BCUT2D eigenvalue weighted by Crippen LogP contribution is 2.39. The van der Waals surface area contributed by atoms with Gasteiger partial charge in [0.25, 0.3) is 0 Å². The molecule has 1 nitrogen and oxygen atoms in total. The van der Waals surface area contributed by atoms with E-state index in [-0.39, 0.29) is 11.3 Å². The first-order valence-electron chi connectivity index (χ1n) is 6.72. The second-order valence-electron chi connectivity index (χ2n) is 5.25. The number of hydrogen-bond acceptors (Lipinski definition) is 2. The third kappa shape index (κ3) is 3.12. The van der Waals surface area contributed by atoms with Crippen molar-refractivity contribution in [3.63, 3.8) is 0 Å². The summed E-state index contributed by atoms with van der Waals surface area (Å²) in [6.07, 6.45) is 6.71. The number of nitrogens with one attached hydrogen (secondary N) is 1. The van der Waals surface area contributed by atoms with Crippen LogP contribution in [-0.4, -0.2) is 17.5 Å². The van der Waals surface area contributed by atoms with Gasteiger partial charge >= 0.3 is 0 Å². The fraction of sp³-hybridized carbons (Fsp3) is 0.571. The molecule has 1 N–H and O–H groups in total. The Morgan fingerprint density at radius 3 is 1.81 bits per heavy atom. The van der Waals surface area contributed by atoms with Crippen LogP contribution >= 0.6 is 11.8 Å². The van der Waals surface area contributed by atoms with Gasteiger partial charge in [0.1, 0.15) is 5.69 Å². The van der Waals surface area contributed by atoms with E-state index in [1.807, 2.05) is 6.26 Å². The third-order valence-electron chi connectivity index (χ3n) is 3.99. The van der Waals surface area contributed by atoms with Gasteiger partial charge in [-0.15, -0.1) is 0 Å². The van der Waals surface area contributed by atoms with E-state index in [1.54, 1.807) is 11.8 Å². The van der Waals surface area contributed by atoms with E-state index in [4.69, 9.17) is 0 Å². The van der Waals surface area contributed by atoms with Crippen molar-refractivity contribution in [2.45, 2.75) is 36.9 Å². The van der Waals surface area contributed by atoms with Crippen molar-refractivity contribution in [2.75, 3.05) is 18.1 Å². The lowest BCUT2D eigenvalue weighted by Gasteiger charge is -2.36. The molecule has 1 aliphatic carbocycles. The van der Waals surface area contributed by atoms with Crippen LogP contribution in [0.1, 0.15) is 32.1 Å². The Kier molecular flexibility index (Phi) is 5.01. The lowest BCUT2D eigenvalue weighted by Crippen LogP contribution is -2.36. The number of halogens is 5. The minimum atomic E-state index is -2.13. The van der Waals surface area contributed by atoms with Crippen LogP contribution < -0.4 is 5.32 Å². The summed E-state index contributed by atoms with van der Waals surface area (Å²) in [5, 5.41) is 2.43. The number of hydrogen-bond donors (Lipinski definition) is 1. The predicted molar refractivity (Wildman–Crippen MR) is 74.1 cm³/mol. The average Bonchev–Trinajstić information content (AvgIpc) is 2.52. The summed E-state index contributed by atoms with van der Waals surface area (Å²) in [7, 11) is 0.